The molecule has 1 radical (unpaired) electrons. The molecule has 0 saturated carbocycles. The molecule has 0 bridgehead atoms. The summed E-state index contributed by atoms with van der Waals surface area (Å²) < 4.78 is 0. The molecule has 0 spiro atoms. The van der Waals surface area contributed by atoms with Gasteiger partial charge in [-0.1, -0.05) is 54.1 Å². The zero-order valence-corrected chi connectivity index (χ0v) is 8.66. The summed E-state index contributed by atoms with van der Waals surface area (Å²) >= 11 is 6.08. The van der Waals surface area contributed by atoms with E-state index in [-0.39, 0.29) is 0 Å². The molecule has 0 aliphatic heterocycles. The number of hydrogen-bond donors (Lipinski definition) is 0. The van der Waals surface area contributed by atoms with Crippen molar-refractivity contribution in [2.24, 2.45) is 0 Å². The lowest BCUT2D eigenvalue weighted by atomic mass is 10.0. The Morgan fingerprint density at radius 2 is 1.67 bits per heavy atom. The molecule has 0 unspecified atom stereocenters. The van der Waals surface area contributed by atoms with E-state index in [2.05, 4.69) is 0 Å². The Hall–Kier alpha value is -1.60. The fourth-order valence-corrected chi connectivity index (χ4v) is 1.73. The van der Waals surface area contributed by atoms with Crippen molar-refractivity contribution in [2.75, 3.05) is 0 Å². The molecule has 0 heterocycles. The Kier molecular flexibility index (Phi) is 2.84. The number of rotatable bonds is 2. The highest BCUT2D eigenvalue weighted by Gasteiger charge is 2.06. The Morgan fingerprint density at radius 1 is 0.933 bits per heavy atom. The van der Waals surface area contributed by atoms with E-state index >= 15 is 0 Å². The molecular weight excluding hydrogens is 208 g/mol. The van der Waals surface area contributed by atoms with E-state index in [9.17, 15) is 4.79 Å². The smallest absolute Gasteiger partial charge is 0.235 e. The summed E-state index contributed by atoms with van der Waals surface area (Å²) in [6, 6.07) is 15.1. The van der Waals surface area contributed by atoms with Crippen LogP contribution in [0.5, 0.6) is 0 Å². The second-order valence-corrected chi connectivity index (χ2v) is 3.51. The molecule has 0 atom stereocenters. The van der Waals surface area contributed by atoms with Gasteiger partial charge >= 0.3 is 0 Å². The molecule has 0 fully saturated rings. The van der Waals surface area contributed by atoms with E-state index in [4.69, 9.17) is 11.6 Å². The minimum Gasteiger partial charge on any atom is -0.285 e. The molecule has 2 heteroatoms. The third-order valence-corrected chi connectivity index (χ3v) is 2.60. The third kappa shape index (κ3) is 1.92. The molecule has 15 heavy (non-hydrogen) atoms. The highest BCUT2D eigenvalue weighted by atomic mass is 35.5. The van der Waals surface area contributed by atoms with Crippen LogP contribution in [0.1, 0.15) is 5.56 Å². The van der Waals surface area contributed by atoms with Gasteiger partial charge in [-0.05, 0) is 11.6 Å². The minimum atomic E-state index is 0.401. The first-order valence-electron chi connectivity index (χ1n) is 4.55. The summed E-state index contributed by atoms with van der Waals surface area (Å²) in [7, 11) is 0. The summed E-state index contributed by atoms with van der Waals surface area (Å²) in [4.78, 5) is 10.6. The number of hydrogen-bond acceptors (Lipinski definition) is 1. The van der Waals surface area contributed by atoms with E-state index < -0.39 is 0 Å². The van der Waals surface area contributed by atoms with Crippen LogP contribution in [0.2, 0.25) is 5.02 Å². The van der Waals surface area contributed by atoms with Crippen molar-refractivity contribution in [3.05, 3.63) is 59.1 Å². The topological polar surface area (TPSA) is 17.1 Å². The monoisotopic (exact) mass is 215 g/mol. The van der Waals surface area contributed by atoms with Crippen LogP contribution in [-0.2, 0) is 4.79 Å². The lowest BCUT2D eigenvalue weighted by Gasteiger charge is -2.05. The van der Waals surface area contributed by atoms with Crippen molar-refractivity contribution in [3.8, 4) is 11.1 Å². The summed E-state index contributed by atoms with van der Waals surface area (Å²) in [6.07, 6.45) is 1.82. The van der Waals surface area contributed by atoms with Gasteiger partial charge in [0.05, 0.1) is 5.02 Å². The highest BCUT2D eigenvalue weighted by molar-refractivity contribution is 6.35. The second-order valence-electron chi connectivity index (χ2n) is 3.14. The first-order chi connectivity index (χ1) is 7.33. The van der Waals surface area contributed by atoms with Crippen LogP contribution in [0.3, 0.4) is 0 Å². The first-order valence-corrected chi connectivity index (χ1v) is 4.93. The number of benzene rings is 2. The van der Waals surface area contributed by atoms with E-state index in [1.807, 2.05) is 42.7 Å². The SMILES string of the molecule is O=[C]c1cccc(-c2ccccc2)c1Cl. The molecule has 2 aromatic carbocycles. The van der Waals surface area contributed by atoms with E-state index in [1.54, 1.807) is 12.1 Å². The van der Waals surface area contributed by atoms with Gasteiger partial charge in [-0.3, -0.25) is 4.79 Å². The van der Waals surface area contributed by atoms with Gasteiger partial charge in [0.1, 0.15) is 0 Å². The van der Waals surface area contributed by atoms with E-state index in [0.29, 0.717) is 10.6 Å². The summed E-state index contributed by atoms with van der Waals surface area (Å²) in [6.45, 7) is 0. The maximum absolute atomic E-state index is 10.6. The fraction of sp³-hybridized carbons (Fsp3) is 0. The minimum absolute atomic E-state index is 0.401. The zero-order valence-electron chi connectivity index (χ0n) is 7.91. The number of carbonyl (C=O) groups excluding carboxylic acids is 1. The summed E-state index contributed by atoms with van der Waals surface area (Å²) in [5.74, 6) is 0. The Labute approximate surface area is 93.3 Å². The van der Waals surface area contributed by atoms with Crippen molar-refractivity contribution < 1.29 is 4.79 Å². The standard InChI is InChI=1S/C13H8ClO/c14-13-11(9-15)7-4-8-12(13)10-5-2-1-3-6-10/h1-8H. The summed E-state index contributed by atoms with van der Waals surface area (Å²) in [5, 5.41) is 0.457. The van der Waals surface area contributed by atoms with Gasteiger partial charge < -0.3 is 0 Å². The Bertz CT molecular complexity index is 477. The molecule has 73 valence electrons. The van der Waals surface area contributed by atoms with Crippen molar-refractivity contribution in [3.63, 3.8) is 0 Å². The Balaban J connectivity index is 2.59. The van der Waals surface area contributed by atoms with Crippen LogP contribution < -0.4 is 0 Å². The zero-order chi connectivity index (χ0) is 10.7. The molecule has 0 aromatic heterocycles. The van der Waals surface area contributed by atoms with Crippen molar-refractivity contribution in [1.29, 1.82) is 0 Å². The fourth-order valence-electron chi connectivity index (χ4n) is 1.45. The second kappa shape index (κ2) is 4.28. The normalized spacial score (nSPS) is 9.93. The molecule has 2 aromatic rings. The molecular formula is C13H8ClO. The molecule has 1 nitrogen and oxygen atoms in total. The molecule has 0 amide bonds. The average Bonchev–Trinajstić information content (AvgIpc) is 2.30. The molecule has 0 aliphatic rings. The van der Waals surface area contributed by atoms with Crippen molar-refractivity contribution >= 4 is 17.9 Å². The molecule has 0 aliphatic carbocycles. The molecule has 2 rings (SSSR count). The van der Waals surface area contributed by atoms with Gasteiger partial charge in [0, 0.05) is 11.1 Å². The van der Waals surface area contributed by atoms with Gasteiger partial charge in [-0.25, -0.2) is 0 Å². The summed E-state index contributed by atoms with van der Waals surface area (Å²) in [5.41, 5.74) is 2.26. The molecule has 0 saturated heterocycles. The third-order valence-electron chi connectivity index (χ3n) is 2.19. The van der Waals surface area contributed by atoms with E-state index in [0.717, 1.165) is 11.1 Å². The van der Waals surface area contributed by atoms with Crippen LogP contribution >= 0.6 is 11.6 Å². The van der Waals surface area contributed by atoms with Crippen molar-refractivity contribution in [1.82, 2.24) is 0 Å². The van der Waals surface area contributed by atoms with Crippen LogP contribution in [0, 0.1) is 0 Å². The van der Waals surface area contributed by atoms with E-state index in [1.165, 1.54) is 0 Å². The van der Waals surface area contributed by atoms with Gasteiger partial charge in [-0.15, -0.1) is 0 Å². The largest absolute Gasteiger partial charge is 0.285 e. The van der Waals surface area contributed by atoms with Crippen LogP contribution in [0.4, 0.5) is 0 Å². The highest BCUT2D eigenvalue weighted by Crippen LogP contribution is 2.29. The van der Waals surface area contributed by atoms with Gasteiger partial charge in [0.25, 0.3) is 0 Å². The van der Waals surface area contributed by atoms with Crippen LogP contribution in [0.15, 0.2) is 48.5 Å². The quantitative estimate of drug-likeness (QED) is 0.750. The van der Waals surface area contributed by atoms with Crippen LogP contribution in [-0.4, -0.2) is 6.29 Å². The maximum atomic E-state index is 10.6. The predicted octanol–water partition coefficient (Wildman–Crippen LogP) is 3.46. The van der Waals surface area contributed by atoms with Gasteiger partial charge in [0.2, 0.25) is 6.29 Å². The van der Waals surface area contributed by atoms with Gasteiger partial charge in [0.15, 0.2) is 0 Å². The molecule has 0 N–H and O–H groups in total. The number of halogens is 1. The maximum Gasteiger partial charge on any atom is 0.235 e. The lowest BCUT2D eigenvalue weighted by Crippen LogP contribution is -1.86. The first kappa shape index (κ1) is 9.94. The van der Waals surface area contributed by atoms with Crippen molar-refractivity contribution in [2.45, 2.75) is 0 Å². The Morgan fingerprint density at radius 3 is 2.33 bits per heavy atom. The predicted molar refractivity (Wildman–Crippen MR) is 61.7 cm³/mol. The van der Waals surface area contributed by atoms with Crippen LogP contribution in [0.25, 0.3) is 11.1 Å². The van der Waals surface area contributed by atoms with Gasteiger partial charge in [-0.2, -0.15) is 0 Å². The lowest BCUT2D eigenvalue weighted by molar-refractivity contribution is 0.563. The average molecular weight is 216 g/mol.